The fourth-order valence-corrected chi connectivity index (χ4v) is 1.57. The molecule has 0 spiro atoms. The zero-order valence-corrected chi connectivity index (χ0v) is 10.6. The number of aromatic nitrogens is 1. The summed E-state index contributed by atoms with van der Waals surface area (Å²) in [6, 6.07) is 1.63. The number of unbranched alkanes of at least 4 members (excludes halogenated alkanes) is 1. The minimum atomic E-state index is -0.139. The van der Waals surface area contributed by atoms with Crippen LogP contribution in [-0.2, 0) is 0 Å². The quantitative estimate of drug-likeness (QED) is 0.743. The molecular weight excluding hydrogens is 214 g/mol. The lowest BCUT2D eigenvalue weighted by Gasteiger charge is -2.07. The summed E-state index contributed by atoms with van der Waals surface area (Å²) < 4.78 is 0. The molecule has 4 nitrogen and oxygen atoms in total. The number of anilines is 1. The van der Waals surface area contributed by atoms with Gasteiger partial charge >= 0.3 is 0 Å². The molecule has 0 saturated carbocycles. The van der Waals surface area contributed by atoms with E-state index >= 15 is 0 Å². The van der Waals surface area contributed by atoms with Crippen molar-refractivity contribution < 1.29 is 4.79 Å². The van der Waals surface area contributed by atoms with Crippen molar-refractivity contribution in [2.45, 2.75) is 33.1 Å². The van der Waals surface area contributed by atoms with Gasteiger partial charge < -0.3 is 11.1 Å². The molecule has 0 bridgehead atoms. The number of hydrogen-bond acceptors (Lipinski definition) is 3. The van der Waals surface area contributed by atoms with Crippen molar-refractivity contribution >= 4 is 11.6 Å². The molecule has 0 saturated heterocycles. The van der Waals surface area contributed by atoms with Crippen LogP contribution in [0.5, 0.6) is 0 Å². The molecule has 17 heavy (non-hydrogen) atoms. The fourth-order valence-electron chi connectivity index (χ4n) is 1.57. The minimum absolute atomic E-state index is 0.139. The molecule has 0 aliphatic heterocycles. The van der Waals surface area contributed by atoms with E-state index in [9.17, 15) is 4.79 Å². The molecule has 1 heterocycles. The van der Waals surface area contributed by atoms with Gasteiger partial charge in [0.05, 0.1) is 5.56 Å². The number of carbonyl (C=O) groups excluding carboxylic acids is 1. The Morgan fingerprint density at radius 3 is 2.88 bits per heavy atom. The molecule has 3 N–H and O–H groups in total. The summed E-state index contributed by atoms with van der Waals surface area (Å²) in [7, 11) is 0. The van der Waals surface area contributed by atoms with Gasteiger partial charge in [0.15, 0.2) is 0 Å². The van der Waals surface area contributed by atoms with E-state index < -0.39 is 0 Å². The van der Waals surface area contributed by atoms with Gasteiger partial charge in [0.2, 0.25) is 0 Å². The number of nitrogens with two attached hydrogens (primary N) is 1. The molecule has 0 aromatic carbocycles. The molecule has 0 radical (unpaired) electrons. The van der Waals surface area contributed by atoms with Crippen molar-refractivity contribution in [2.75, 3.05) is 12.3 Å². The number of nitrogens with zero attached hydrogens (tertiary/aromatic N) is 1. The standard InChI is InChI=1S/C13H21N3O/c1-10(2)5-3-4-7-16-13(17)11-9-15-8-6-12(11)14/h6,8-10H,3-5,7H2,1-2H3,(H2,14,15)(H,16,17). The van der Waals surface area contributed by atoms with E-state index in [0.29, 0.717) is 17.8 Å². The van der Waals surface area contributed by atoms with Crippen LogP contribution in [0.4, 0.5) is 5.69 Å². The van der Waals surface area contributed by atoms with Crippen LogP contribution in [-0.4, -0.2) is 17.4 Å². The van der Waals surface area contributed by atoms with Crippen LogP contribution in [0.1, 0.15) is 43.5 Å². The predicted octanol–water partition coefficient (Wildman–Crippen LogP) is 2.22. The monoisotopic (exact) mass is 235 g/mol. The number of amides is 1. The molecule has 0 aliphatic rings. The van der Waals surface area contributed by atoms with Crippen LogP contribution in [0.3, 0.4) is 0 Å². The third kappa shape index (κ3) is 4.85. The zero-order valence-electron chi connectivity index (χ0n) is 10.6. The Kier molecular flexibility index (Phi) is 5.46. The van der Waals surface area contributed by atoms with E-state index in [1.807, 2.05) is 0 Å². The van der Waals surface area contributed by atoms with Gasteiger partial charge in [-0.3, -0.25) is 9.78 Å². The first-order valence-electron chi connectivity index (χ1n) is 6.09. The highest BCUT2D eigenvalue weighted by molar-refractivity contribution is 5.98. The maximum absolute atomic E-state index is 11.7. The Labute approximate surface area is 103 Å². The van der Waals surface area contributed by atoms with Crippen molar-refractivity contribution in [2.24, 2.45) is 5.92 Å². The van der Waals surface area contributed by atoms with Gasteiger partial charge in [-0.25, -0.2) is 0 Å². The molecule has 0 unspecified atom stereocenters. The van der Waals surface area contributed by atoms with Crippen molar-refractivity contribution in [3.05, 3.63) is 24.0 Å². The van der Waals surface area contributed by atoms with Crippen LogP contribution in [0.15, 0.2) is 18.5 Å². The minimum Gasteiger partial charge on any atom is -0.398 e. The van der Waals surface area contributed by atoms with Gasteiger partial charge in [-0.15, -0.1) is 0 Å². The van der Waals surface area contributed by atoms with Gasteiger partial charge in [0.25, 0.3) is 5.91 Å². The van der Waals surface area contributed by atoms with E-state index in [-0.39, 0.29) is 5.91 Å². The normalized spacial score (nSPS) is 10.5. The topological polar surface area (TPSA) is 68.0 Å². The van der Waals surface area contributed by atoms with Crippen LogP contribution >= 0.6 is 0 Å². The van der Waals surface area contributed by atoms with Crippen LogP contribution in [0.25, 0.3) is 0 Å². The Morgan fingerprint density at radius 1 is 1.47 bits per heavy atom. The summed E-state index contributed by atoms with van der Waals surface area (Å²) in [6.45, 7) is 5.10. The molecule has 1 rings (SSSR count). The first-order valence-corrected chi connectivity index (χ1v) is 6.09. The second-order valence-corrected chi connectivity index (χ2v) is 4.61. The van der Waals surface area contributed by atoms with Crippen LogP contribution in [0, 0.1) is 5.92 Å². The molecule has 1 aromatic rings. The number of nitrogens with one attached hydrogen (secondary N) is 1. The summed E-state index contributed by atoms with van der Waals surface area (Å²) in [4.78, 5) is 15.6. The van der Waals surface area contributed by atoms with E-state index in [1.54, 1.807) is 12.3 Å². The third-order valence-corrected chi connectivity index (χ3v) is 2.59. The molecule has 0 atom stereocenters. The number of nitrogen functional groups attached to an aromatic ring is 1. The fraction of sp³-hybridized carbons (Fsp3) is 0.538. The Bertz CT molecular complexity index is 363. The average molecular weight is 235 g/mol. The van der Waals surface area contributed by atoms with Crippen LogP contribution < -0.4 is 11.1 Å². The van der Waals surface area contributed by atoms with Crippen molar-refractivity contribution in [1.29, 1.82) is 0 Å². The number of pyridine rings is 1. The molecule has 94 valence electrons. The highest BCUT2D eigenvalue weighted by atomic mass is 16.1. The summed E-state index contributed by atoms with van der Waals surface area (Å²) >= 11 is 0. The highest BCUT2D eigenvalue weighted by Gasteiger charge is 2.08. The first kappa shape index (κ1) is 13.5. The number of carbonyl (C=O) groups is 1. The van der Waals surface area contributed by atoms with E-state index in [0.717, 1.165) is 18.8 Å². The molecule has 0 aliphatic carbocycles. The molecule has 0 fully saturated rings. The third-order valence-electron chi connectivity index (χ3n) is 2.59. The van der Waals surface area contributed by atoms with E-state index in [2.05, 4.69) is 24.1 Å². The SMILES string of the molecule is CC(C)CCCCNC(=O)c1cnccc1N. The van der Waals surface area contributed by atoms with E-state index in [1.165, 1.54) is 12.6 Å². The second kappa shape index (κ2) is 6.89. The molecule has 1 amide bonds. The number of hydrogen-bond donors (Lipinski definition) is 2. The van der Waals surface area contributed by atoms with Crippen molar-refractivity contribution in [1.82, 2.24) is 10.3 Å². The lowest BCUT2D eigenvalue weighted by Crippen LogP contribution is -2.25. The lowest BCUT2D eigenvalue weighted by atomic mass is 10.1. The molecule has 1 aromatic heterocycles. The largest absolute Gasteiger partial charge is 0.398 e. The molecular formula is C13H21N3O. The van der Waals surface area contributed by atoms with Gasteiger partial charge in [0, 0.05) is 24.6 Å². The Morgan fingerprint density at radius 2 is 2.24 bits per heavy atom. The van der Waals surface area contributed by atoms with Gasteiger partial charge in [-0.1, -0.05) is 26.7 Å². The van der Waals surface area contributed by atoms with E-state index in [4.69, 9.17) is 5.73 Å². The second-order valence-electron chi connectivity index (χ2n) is 4.61. The van der Waals surface area contributed by atoms with Crippen molar-refractivity contribution in [3.8, 4) is 0 Å². The summed E-state index contributed by atoms with van der Waals surface area (Å²) in [5.41, 5.74) is 6.62. The van der Waals surface area contributed by atoms with Gasteiger partial charge in [0.1, 0.15) is 0 Å². The number of rotatable bonds is 6. The maximum Gasteiger partial charge on any atom is 0.254 e. The lowest BCUT2D eigenvalue weighted by molar-refractivity contribution is 0.0953. The Hall–Kier alpha value is -1.58. The average Bonchev–Trinajstić information content (AvgIpc) is 2.28. The van der Waals surface area contributed by atoms with Gasteiger partial charge in [-0.2, -0.15) is 0 Å². The highest BCUT2D eigenvalue weighted by Crippen LogP contribution is 2.08. The smallest absolute Gasteiger partial charge is 0.254 e. The zero-order chi connectivity index (χ0) is 12.7. The molecule has 4 heteroatoms. The Balaban J connectivity index is 2.29. The summed E-state index contributed by atoms with van der Waals surface area (Å²) in [5.74, 6) is 0.583. The van der Waals surface area contributed by atoms with Crippen molar-refractivity contribution in [3.63, 3.8) is 0 Å². The summed E-state index contributed by atoms with van der Waals surface area (Å²) in [6.07, 6.45) is 6.42. The maximum atomic E-state index is 11.7. The van der Waals surface area contributed by atoms with Crippen LogP contribution in [0.2, 0.25) is 0 Å². The summed E-state index contributed by atoms with van der Waals surface area (Å²) in [5, 5.41) is 2.85. The first-order chi connectivity index (χ1) is 8.11. The predicted molar refractivity (Wildman–Crippen MR) is 69.7 cm³/mol. The van der Waals surface area contributed by atoms with Gasteiger partial charge in [-0.05, 0) is 18.4 Å².